The number of fused-ring (bicyclic) bond motifs is 1. The molecule has 0 saturated heterocycles. The maximum absolute atomic E-state index is 13.7. The molecule has 2 saturated carbocycles. The Hall–Kier alpha value is -2.68. The largest absolute Gasteiger partial charge is 0.344 e. The second kappa shape index (κ2) is 4.92. The Morgan fingerprint density at radius 1 is 1.24 bits per heavy atom. The molecule has 2 aliphatic rings. The molecular weight excluding hydrogens is 343 g/mol. The number of carbonyl (C=O) groups is 1. The Bertz CT molecular complexity index is 962. The molecule has 25 heavy (non-hydrogen) atoms. The molecule has 0 atom stereocenters. The van der Waals surface area contributed by atoms with Crippen molar-refractivity contribution in [1.82, 2.24) is 30.5 Å². The normalized spacial score (nSPS) is 26.1. The van der Waals surface area contributed by atoms with Crippen molar-refractivity contribution in [3.8, 4) is 10.6 Å². The minimum atomic E-state index is -1.12. The molecule has 2 aliphatic carbocycles. The summed E-state index contributed by atoms with van der Waals surface area (Å²) in [4.78, 5) is 12.2. The maximum atomic E-state index is 13.7. The second-order valence-corrected chi connectivity index (χ2v) is 7.51. The highest BCUT2D eigenvalue weighted by Gasteiger charge is 2.88. The Morgan fingerprint density at radius 3 is 2.72 bits per heavy atom. The second-order valence-electron chi connectivity index (χ2n) is 6.45. The van der Waals surface area contributed by atoms with E-state index in [1.807, 2.05) is 30.3 Å². The molecule has 3 aromatic rings. The highest BCUT2D eigenvalue weighted by Crippen LogP contribution is 2.78. The summed E-state index contributed by atoms with van der Waals surface area (Å²) in [5.74, 6) is -0.357. The van der Waals surface area contributed by atoms with Gasteiger partial charge in [-0.2, -0.15) is 0 Å². The number of rotatable bonds is 5. The first-order valence-electron chi connectivity index (χ1n) is 7.87. The lowest BCUT2D eigenvalue weighted by Crippen LogP contribution is -2.23. The van der Waals surface area contributed by atoms with Gasteiger partial charge in [0.15, 0.2) is 5.69 Å². The fourth-order valence-electron chi connectivity index (χ4n) is 3.00. The molecule has 0 bridgehead atoms. The summed E-state index contributed by atoms with van der Waals surface area (Å²) in [5.41, 5.74) is -0.469. The highest BCUT2D eigenvalue weighted by atomic mass is 32.1. The molecule has 2 heterocycles. The molecule has 0 radical (unpaired) electrons. The zero-order valence-corrected chi connectivity index (χ0v) is 13.8. The first-order chi connectivity index (χ1) is 12.1. The van der Waals surface area contributed by atoms with Crippen LogP contribution in [0, 0.1) is 0 Å². The van der Waals surface area contributed by atoms with Gasteiger partial charge in [-0.05, 0) is 0 Å². The topological polar surface area (TPSA) is 85.6 Å². The fraction of sp³-hybridized carbons (Fsp3) is 0.312. The van der Waals surface area contributed by atoms with Crippen LogP contribution >= 0.6 is 11.3 Å². The zero-order valence-electron chi connectivity index (χ0n) is 13.0. The predicted octanol–water partition coefficient (Wildman–Crippen LogP) is 1.94. The quantitative estimate of drug-likeness (QED) is 0.755. The van der Waals surface area contributed by atoms with Gasteiger partial charge in [-0.15, -0.1) is 15.3 Å². The molecule has 1 N–H and O–H groups in total. The standard InChI is InChI=1S/C16H13FN6OS/c17-15-8-16(15,9-15)23-7-11(19-22-23)13(24)18-6-12-20-21-14(25-12)10-4-2-1-3-5-10/h1-5,7H,6,8-9H2,(H,18,24). The van der Waals surface area contributed by atoms with Gasteiger partial charge < -0.3 is 5.32 Å². The van der Waals surface area contributed by atoms with Gasteiger partial charge in [0.2, 0.25) is 0 Å². The number of nitrogens with zero attached hydrogens (tertiary/aromatic N) is 5. The SMILES string of the molecule is O=C(NCc1nnc(-c2ccccc2)s1)c1cn(C23CC2(F)C3)nn1. The molecule has 126 valence electrons. The maximum Gasteiger partial charge on any atom is 0.273 e. The number of aromatic nitrogens is 5. The summed E-state index contributed by atoms with van der Waals surface area (Å²) in [5, 5.41) is 20.2. The lowest BCUT2D eigenvalue weighted by atomic mass is 10.2. The van der Waals surface area contributed by atoms with Crippen LogP contribution in [-0.2, 0) is 12.1 Å². The summed E-state index contributed by atoms with van der Waals surface area (Å²) in [6.07, 6.45) is 2.45. The molecular formula is C16H13FN6OS. The van der Waals surface area contributed by atoms with E-state index in [0.29, 0.717) is 17.8 Å². The smallest absolute Gasteiger partial charge is 0.273 e. The van der Waals surface area contributed by atoms with Crippen molar-refractivity contribution in [2.75, 3.05) is 0 Å². The number of carbonyl (C=O) groups excluding carboxylic acids is 1. The Labute approximate surface area is 145 Å². The minimum absolute atomic E-state index is 0.184. The van der Waals surface area contributed by atoms with Gasteiger partial charge in [0.05, 0.1) is 12.7 Å². The van der Waals surface area contributed by atoms with Crippen LogP contribution in [0.4, 0.5) is 4.39 Å². The molecule has 0 unspecified atom stereocenters. The van der Waals surface area contributed by atoms with E-state index in [1.54, 1.807) is 0 Å². The average Bonchev–Trinajstić information content (AvgIpc) is 3.16. The van der Waals surface area contributed by atoms with E-state index in [-0.39, 0.29) is 18.1 Å². The summed E-state index contributed by atoms with van der Waals surface area (Å²) < 4.78 is 15.2. The molecule has 2 fully saturated rings. The van der Waals surface area contributed by atoms with Crippen LogP contribution in [-0.4, -0.2) is 36.8 Å². The third kappa shape index (κ3) is 2.26. The third-order valence-electron chi connectivity index (χ3n) is 4.78. The molecule has 1 amide bonds. The minimum Gasteiger partial charge on any atom is -0.344 e. The molecule has 1 aromatic carbocycles. The number of alkyl halides is 1. The summed E-state index contributed by atoms with van der Waals surface area (Å²) in [6.45, 7) is 0.258. The van der Waals surface area contributed by atoms with Crippen LogP contribution in [0.25, 0.3) is 10.6 Å². The molecule has 5 rings (SSSR count). The third-order valence-corrected chi connectivity index (χ3v) is 5.75. The van der Waals surface area contributed by atoms with Crippen molar-refractivity contribution >= 4 is 17.2 Å². The number of nitrogens with one attached hydrogen (secondary N) is 1. The van der Waals surface area contributed by atoms with Gasteiger partial charge in [0.1, 0.15) is 21.2 Å². The van der Waals surface area contributed by atoms with E-state index in [4.69, 9.17) is 0 Å². The molecule has 9 heteroatoms. The van der Waals surface area contributed by atoms with E-state index in [2.05, 4.69) is 25.8 Å². The van der Waals surface area contributed by atoms with Crippen molar-refractivity contribution in [3.05, 3.63) is 47.2 Å². The number of hydrogen-bond donors (Lipinski definition) is 1. The van der Waals surface area contributed by atoms with Crippen molar-refractivity contribution in [3.63, 3.8) is 0 Å². The van der Waals surface area contributed by atoms with Crippen molar-refractivity contribution < 1.29 is 9.18 Å². The van der Waals surface area contributed by atoms with Crippen molar-refractivity contribution in [1.29, 1.82) is 0 Å². The van der Waals surface area contributed by atoms with E-state index in [9.17, 15) is 9.18 Å². The van der Waals surface area contributed by atoms with Crippen LogP contribution in [0.15, 0.2) is 36.5 Å². The first-order valence-corrected chi connectivity index (χ1v) is 8.69. The predicted molar refractivity (Wildman–Crippen MR) is 87.6 cm³/mol. The van der Waals surface area contributed by atoms with Gasteiger partial charge in [-0.25, -0.2) is 9.07 Å². The van der Waals surface area contributed by atoms with Crippen LogP contribution in [0.3, 0.4) is 0 Å². The van der Waals surface area contributed by atoms with Crippen LogP contribution in [0.1, 0.15) is 28.3 Å². The van der Waals surface area contributed by atoms with Gasteiger partial charge in [-0.3, -0.25) is 4.79 Å². The Kier molecular flexibility index (Phi) is 2.88. The van der Waals surface area contributed by atoms with Crippen LogP contribution < -0.4 is 5.32 Å². The van der Waals surface area contributed by atoms with E-state index in [0.717, 1.165) is 10.6 Å². The zero-order chi connectivity index (χ0) is 17.1. The molecule has 7 nitrogen and oxygen atoms in total. The summed E-state index contributed by atoms with van der Waals surface area (Å²) in [7, 11) is 0. The lowest BCUT2D eigenvalue weighted by Gasteiger charge is -1.99. The summed E-state index contributed by atoms with van der Waals surface area (Å²) >= 11 is 1.42. The Balaban J connectivity index is 1.23. The Morgan fingerprint density at radius 2 is 2.00 bits per heavy atom. The van der Waals surface area contributed by atoms with Crippen molar-refractivity contribution in [2.24, 2.45) is 0 Å². The summed E-state index contributed by atoms with van der Waals surface area (Å²) in [6, 6.07) is 9.73. The van der Waals surface area contributed by atoms with Gasteiger partial charge in [0.25, 0.3) is 5.91 Å². The number of hydrogen-bond acceptors (Lipinski definition) is 6. The average molecular weight is 356 g/mol. The fourth-order valence-corrected chi connectivity index (χ4v) is 3.78. The molecule has 0 aliphatic heterocycles. The van der Waals surface area contributed by atoms with Crippen LogP contribution in [0.2, 0.25) is 0 Å². The van der Waals surface area contributed by atoms with Gasteiger partial charge in [0, 0.05) is 18.4 Å². The first kappa shape index (κ1) is 14.6. The number of benzene rings is 1. The van der Waals surface area contributed by atoms with E-state index in [1.165, 1.54) is 22.2 Å². The van der Waals surface area contributed by atoms with E-state index >= 15 is 0 Å². The van der Waals surface area contributed by atoms with Crippen LogP contribution in [0.5, 0.6) is 0 Å². The van der Waals surface area contributed by atoms with Gasteiger partial charge >= 0.3 is 0 Å². The number of halogens is 1. The monoisotopic (exact) mass is 356 g/mol. The molecule has 0 spiro atoms. The van der Waals surface area contributed by atoms with Crippen molar-refractivity contribution in [2.45, 2.75) is 30.6 Å². The lowest BCUT2D eigenvalue weighted by molar-refractivity contribution is 0.0945. The molecule has 2 aromatic heterocycles. The number of amides is 1. The van der Waals surface area contributed by atoms with E-state index < -0.39 is 11.2 Å². The highest BCUT2D eigenvalue weighted by molar-refractivity contribution is 7.14. The van der Waals surface area contributed by atoms with Gasteiger partial charge in [-0.1, -0.05) is 46.9 Å².